The van der Waals surface area contributed by atoms with E-state index in [9.17, 15) is 9.59 Å². The zero-order valence-corrected chi connectivity index (χ0v) is 21.0. The maximum atomic E-state index is 13.9. The van der Waals surface area contributed by atoms with Gasteiger partial charge < -0.3 is 19.7 Å². The number of para-hydroxylation sites is 2. The van der Waals surface area contributed by atoms with Gasteiger partial charge in [-0.15, -0.1) is 0 Å². The van der Waals surface area contributed by atoms with Crippen LogP contribution in [-0.4, -0.2) is 65.9 Å². The van der Waals surface area contributed by atoms with Crippen molar-refractivity contribution >= 4 is 40.0 Å². The summed E-state index contributed by atoms with van der Waals surface area (Å²) >= 11 is 6.02. The van der Waals surface area contributed by atoms with Gasteiger partial charge in [0.05, 0.1) is 0 Å². The molecular weight excluding hydrogens is 472 g/mol. The predicted molar refractivity (Wildman–Crippen MR) is 145 cm³/mol. The van der Waals surface area contributed by atoms with E-state index in [0.717, 1.165) is 35.2 Å². The van der Waals surface area contributed by atoms with Crippen LogP contribution in [0.5, 0.6) is 0 Å². The third-order valence-corrected chi connectivity index (χ3v) is 7.22. The van der Waals surface area contributed by atoms with Gasteiger partial charge in [0.2, 0.25) is 5.91 Å². The molecule has 2 heterocycles. The number of hydrogen-bond donors (Lipinski definition) is 1. The first-order chi connectivity index (χ1) is 17.5. The normalized spacial score (nSPS) is 14.6. The summed E-state index contributed by atoms with van der Waals surface area (Å²) in [6, 6.07) is 24.4. The Kier molecular flexibility index (Phi) is 6.96. The molecule has 0 radical (unpaired) electrons. The van der Waals surface area contributed by atoms with Crippen molar-refractivity contribution in [3.8, 4) is 0 Å². The van der Waals surface area contributed by atoms with E-state index >= 15 is 0 Å². The highest BCUT2D eigenvalue weighted by atomic mass is 35.5. The molecule has 0 spiro atoms. The van der Waals surface area contributed by atoms with Crippen LogP contribution in [0.1, 0.15) is 15.9 Å². The smallest absolute Gasteiger partial charge is 0.254 e. The Morgan fingerprint density at radius 1 is 0.917 bits per heavy atom. The second-order valence-electron chi connectivity index (χ2n) is 9.15. The van der Waals surface area contributed by atoms with Gasteiger partial charge in [-0.1, -0.05) is 48.0 Å². The molecule has 184 valence electrons. The topological polar surface area (TPSA) is 59.7 Å². The molecule has 1 N–H and O–H groups in total. The lowest BCUT2D eigenvalue weighted by Gasteiger charge is -2.39. The molecule has 0 saturated carbocycles. The van der Waals surface area contributed by atoms with E-state index in [1.165, 1.54) is 0 Å². The summed E-state index contributed by atoms with van der Waals surface area (Å²) in [6.45, 7) is 2.73. The molecular formula is C29H29ClN4O2. The number of anilines is 1. The molecule has 3 aromatic carbocycles. The Labute approximate surface area is 216 Å². The number of H-pyrrole nitrogens is 1. The molecule has 0 bridgehead atoms. The Hall–Kier alpha value is -3.77. The first-order valence-electron chi connectivity index (χ1n) is 12.2. The van der Waals surface area contributed by atoms with Crippen molar-refractivity contribution in [3.05, 3.63) is 101 Å². The quantitative estimate of drug-likeness (QED) is 0.411. The lowest BCUT2D eigenvalue weighted by Crippen LogP contribution is -2.56. The molecule has 0 unspecified atom stereocenters. The van der Waals surface area contributed by atoms with Crippen molar-refractivity contribution in [2.24, 2.45) is 0 Å². The fraction of sp³-hybridized carbons (Fsp3) is 0.241. The lowest BCUT2D eigenvalue weighted by atomic mass is 10.0. The Balaban J connectivity index is 1.38. The highest BCUT2D eigenvalue weighted by molar-refractivity contribution is 6.30. The average Bonchev–Trinajstić information content (AvgIpc) is 3.34. The molecule has 1 aliphatic heterocycles. The number of hydrogen-bond acceptors (Lipinski definition) is 3. The number of aromatic nitrogens is 1. The zero-order chi connectivity index (χ0) is 25.1. The van der Waals surface area contributed by atoms with Crippen LogP contribution < -0.4 is 4.90 Å². The van der Waals surface area contributed by atoms with Crippen LogP contribution in [0, 0.1) is 0 Å². The molecule has 2 amide bonds. The standard InChI is InChI=1S/C29H29ClN4O2/c1-32(28(35)21-11-13-23(30)14-12-21)27(19-22-20-31-26-10-6-5-9-25(22)26)29(36)34-17-15-33(16-18-34)24-7-3-2-4-8-24/h2-14,20,27,31H,15-19H2,1H3/t27-/m0/s1. The van der Waals surface area contributed by atoms with Crippen LogP contribution in [0.3, 0.4) is 0 Å². The van der Waals surface area contributed by atoms with Crippen LogP contribution in [0.4, 0.5) is 5.69 Å². The number of aromatic amines is 1. The average molecular weight is 501 g/mol. The molecule has 5 rings (SSSR count). The summed E-state index contributed by atoms with van der Waals surface area (Å²) in [5.41, 5.74) is 3.70. The van der Waals surface area contributed by atoms with E-state index in [-0.39, 0.29) is 11.8 Å². The highest BCUT2D eigenvalue weighted by Gasteiger charge is 2.33. The molecule has 1 aliphatic rings. The molecule has 1 fully saturated rings. The van der Waals surface area contributed by atoms with Crippen molar-refractivity contribution in [1.29, 1.82) is 0 Å². The summed E-state index contributed by atoms with van der Waals surface area (Å²) in [5, 5.41) is 1.63. The summed E-state index contributed by atoms with van der Waals surface area (Å²) in [6.07, 6.45) is 2.37. The number of benzene rings is 3. The molecule has 6 nitrogen and oxygen atoms in total. The van der Waals surface area contributed by atoms with Gasteiger partial charge in [0.25, 0.3) is 5.91 Å². The fourth-order valence-corrected chi connectivity index (χ4v) is 5.00. The highest BCUT2D eigenvalue weighted by Crippen LogP contribution is 2.23. The van der Waals surface area contributed by atoms with Gasteiger partial charge in [-0.2, -0.15) is 0 Å². The van der Waals surface area contributed by atoms with Crippen molar-refractivity contribution < 1.29 is 9.59 Å². The number of halogens is 1. The predicted octanol–water partition coefficient (Wildman–Crippen LogP) is 4.85. The molecule has 36 heavy (non-hydrogen) atoms. The van der Waals surface area contributed by atoms with Crippen LogP contribution in [-0.2, 0) is 11.2 Å². The van der Waals surface area contributed by atoms with Gasteiger partial charge in [0.1, 0.15) is 6.04 Å². The molecule has 1 aromatic heterocycles. The molecule has 1 saturated heterocycles. The largest absolute Gasteiger partial charge is 0.368 e. The van der Waals surface area contributed by atoms with E-state index < -0.39 is 6.04 Å². The van der Waals surface area contributed by atoms with Gasteiger partial charge in [-0.3, -0.25) is 9.59 Å². The molecule has 1 atom stereocenters. The van der Waals surface area contributed by atoms with Crippen molar-refractivity contribution in [2.45, 2.75) is 12.5 Å². The Bertz CT molecular complexity index is 1340. The molecule has 0 aliphatic carbocycles. The van der Waals surface area contributed by atoms with Crippen molar-refractivity contribution in [3.63, 3.8) is 0 Å². The minimum atomic E-state index is -0.629. The van der Waals surface area contributed by atoms with E-state index in [1.807, 2.05) is 53.6 Å². The summed E-state index contributed by atoms with van der Waals surface area (Å²) in [5.74, 6) is -0.231. The SMILES string of the molecule is CN(C(=O)c1ccc(Cl)cc1)[C@@H](Cc1c[nH]c2ccccc12)C(=O)N1CCN(c2ccccc2)CC1. The fourth-order valence-electron chi connectivity index (χ4n) is 4.87. The zero-order valence-electron chi connectivity index (χ0n) is 20.2. The number of carbonyl (C=O) groups is 2. The van der Waals surface area contributed by atoms with Crippen molar-refractivity contribution in [1.82, 2.24) is 14.8 Å². The minimum Gasteiger partial charge on any atom is -0.368 e. The van der Waals surface area contributed by atoms with Crippen LogP contribution in [0.25, 0.3) is 10.9 Å². The third kappa shape index (κ3) is 4.95. The maximum Gasteiger partial charge on any atom is 0.254 e. The monoisotopic (exact) mass is 500 g/mol. The number of rotatable bonds is 6. The van der Waals surface area contributed by atoms with E-state index in [2.05, 4.69) is 22.0 Å². The van der Waals surface area contributed by atoms with Crippen LogP contribution in [0.2, 0.25) is 5.02 Å². The number of likely N-dealkylation sites (N-methyl/N-ethyl adjacent to an activating group) is 1. The first-order valence-corrected chi connectivity index (χ1v) is 12.6. The van der Waals surface area contributed by atoms with Gasteiger partial charge in [0, 0.05) is 73.0 Å². The Morgan fingerprint density at radius 2 is 1.58 bits per heavy atom. The van der Waals surface area contributed by atoms with Gasteiger partial charge in [0.15, 0.2) is 0 Å². The number of nitrogens with one attached hydrogen (secondary N) is 1. The first kappa shape index (κ1) is 23.9. The van der Waals surface area contributed by atoms with Gasteiger partial charge in [-0.25, -0.2) is 0 Å². The van der Waals surface area contributed by atoms with E-state index in [1.54, 1.807) is 36.2 Å². The number of fused-ring (bicyclic) bond motifs is 1. The van der Waals surface area contributed by atoms with E-state index in [4.69, 9.17) is 11.6 Å². The second kappa shape index (κ2) is 10.5. The summed E-state index contributed by atoms with van der Waals surface area (Å²) in [7, 11) is 1.72. The van der Waals surface area contributed by atoms with Crippen molar-refractivity contribution in [2.75, 3.05) is 38.1 Å². The Morgan fingerprint density at radius 3 is 2.31 bits per heavy atom. The number of amides is 2. The second-order valence-corrected chi connectivity index (χ2v) is 9.59. The maximum absolute atomic E-state index is 13.9. The summed E-state index contributed by atoms with van der Waals surface area (Å²) in [4.78, 5) is 36.4. The third-order valence-electron chi connectivity index (χ3n) is 6.96. The lowest BCUT2D eigenvalue weighted by molar-refractivity contribution is -0.136. The molecule has 7 heteroatoms. The van der Waals surface area contributed by atoms with Gasteiger partial charge >= 0.3 is 0 Å². The number of carbonyl (C=O) groups excluding carboxylic acids is 2. The van der Waals surface area contributed by atoms with E-state index in [0.29, 0.717) is 30.1 Å². The minimum absolute atomic E-state index is 0.0298. The molecule has 4 aromatic rings. The van der Waals surface area contributed by atoms with Gasteiger partial charge in [-0.05, 0) is 48.0 Å². The number of piperazine rings is 1. The summed E-state index contributed by atoms with van der Waals surface area (Å²) < 4.78 is 0. The number of nitrogens with zero attached hydrogens (tertiary/aromatic N) is 3. The van der Waals surface area contributed by atoms with Crippen LogP contribution >= 0.6 is 11.6 Å². The van der Waals surface area contributed by atoms with Crippen LogP contribution in [0.15, 0.2) is 85.1 Å².